The molecule has 4 heteroatoms. The van der Waals surface area contributed by atoms with Gasteiger partial charge in [0.05, 0.1) is 15.9 Å². The van der Waals surface area contributed by atoms with Gasteiger partial charge in [-0.15, -0.1) is 24.0 Å². The Morgan fingerprint density at radius 3 is 1.39 bits per heavy atom. The summed E-state index contributed by atoms with van der Waals surface area (Å²) in [5.74, 6) is 0. The highest BCUT2D eigenvalue weighted by atomic mass is 32.1. The SMILES string of the molecule is Sc1cc2nc(-c3ccccc3)sc2cc1-c1cccc(-c2ccc(N(c3ccc(-c4ccccc4)cc3)c3ccc(-c4ccccc4)cc3)c(-c3ccccc3)c2)c1. The van der Waals surface area contributed by atoms with E-state index in [1.54, 1.807) is 11.3 Å². The van der Waals surface area contributed by atoms with Gasteiger partial charge in [-0.3, -0.25) is 0 Å². The maximum Gasteiger partial charge on any atom is 0.124 e. The summed E-state index contributed by atoms with van der Waals surface area (Å²) >= 11 is 6.70. The first kappa shape index (κ1) is 36.4. The van der Waals surface area contributed by atoms with E-state index in [4.69, 9.17) is 17.6 Å². The Morgan fingerprint density at radius 1 is 0.356 bits per heavy atom. The van der Waals surface area contributed by atoms with Gasteiger partial charge < -0.3 is 4.90 Å². The van der Waals surface area contributed by atoms with E-state index in [0.29, 0.717) is 0 Å². The second-order valence-corrected chi connectivity index (χ2v) is 16.1. The van der Waals surface area contributed by atoms with Gasteiger partial charge in [0, 0.05) is 27.4 Å². The minimum atomic E-state index is 0.909. The van der Waals surface area contributed by atoms with Gasteiger partial charge in [-0.05, 0) is 105 Å². The van der Waals surface area contributed by atoms with Crippen LogP contribution < -0.4 is 4.90 Å². The van der Waals surface area contributed by atoms with Crippen molar-refractivity contribution < 1.29 is 0 Å². The molecule has 0 radical (unpaired) electrons. The van der Waals surface area contributed by atoms with Crippen molar-refractivity contribution in [3.05, 3.63) is 224 Å². The zero-order valence-corrected chi connectivity index (χ0v) is 33.8. The molecule has 9 aromatic carbocycles. The number of benzene rings is 9. The summed E-state index contributed by atoms with van der Waals surface area (Å²) < 4.78 is 1.14. The van der Waals surface area contributed by atoms with Crippen molar-refractivity contribution in [2.45, 2.75) is 4.90 Å². The van der Waals surface area contributed by atoms with Gasteiger partial charge in [0.2, 0.25) is 0 Å². The molecule has 0 aliphatic rings. The highest BCUT2D eigenvalue weighted by Crippen LogP contribution is 2.44. The molecule has 10 rings (SSSR count). The van der Waals surface area contributed by atoms with Crippen LogP contribution in [0.3, 0.4) is 0 Å². The van der Waals surface area contributed by atoms with Gasteiger partial charge >= 0.3 is 0 Å². The molecule has 0 fully saturated rings. The van der Waals surface area contributed by atoms with Crippen LogP contribution in [0.1, 0.15) is 0 Å². The molecule has 0 aliphatic heterocycles. The number of anilines is 3. The zero-order valence-electron chi connectivity index (χ0n) is 32.1. The summed E-state index contributed by atoms with van der Waals surface area (Å²) in [4.78, 5) is 8.24. The fourth-order valence-corrected chi connectivity index (χ4v) is 9.13. The lowest BCUT2D eigenvalue weighted by Gasteiger charge is -2.29. The summed E-state index contributed by atoms with van der Waals surface area (Å²) in [6.07, 6.45) is 0. The summed E-state index contributed by atoms with van der Waals surface area (Å²) in [7, 11) is 0. The molecule has 59 heavy (non-hydrogen) atoms. The first-order valence-electron chi connectivity index (χ1n) is 19.7. The van der Waals surface area contributed by atoms with Crippen LogP contribution in [0, 0.1) is 0 Å². The summed E-state index contributed by atoms with van der Waals surface area (Å²) in [6.45, 7) is 0. The van der Waals surface area contributed by atoms with E-state index >= 15 is 0 Å². The lowest BCUT2D eigenvalue weighted by atomic mass is 9.94. The van der Waals surface area contributed by atoms with Crippen molar-refractivity contribution in [2.24, 2.45) is 0 Å². The van der Waals surface area contributed by atoms with Crippen molar-refractivity contribution in [3.63, 3.8) is 0 Å². The largest absolute Gasteiger partial charge is 0.310 e. The normalized spacial score (nSPS) is 11.1. The average molecular weight is 791 g/mol. The van der Waals surface area contributed by atoms with E-state index < -0.39 is 0 Å². The molecular weight excluding hydrogens is 753 g/mol. The Hall–Kier alpha value is -6.98. The number of thiazole rings is 1. The minimum Gasteiger partial charge on any atom is -0.310 e. The molecule has 0 unspecified atom stereocenters. The number of rotatable bonds is 9. The molecule has 1 heterocycles. The fourth-order valence-electron chi connectivity index (χ4n) is 7.82. The third-order valence-corrected chi connectivity index (χ3v) is 12.3. The molecule has 0 saturated heterocycles. The van der Waals surface area contributed by atoms with Crippen LogP contribution in [0.25, 0.3) is 76.4 Å². The van der Waals surface area contributed by atoms with Crippen LogP contribution in [0.2, 0.25) is 0 Å². The van der Waals surface area contributed by atoms with E-state index in [9.17, 15) is 0 Å². The molecule has 10 aromatic rings. The molecule has 1 aromatic heterocycles. The Labute approximate surface area is 354 Å². The number of aromatic nitrogens is 1. The topological polar surface area (TPSA) is 16.1 Å². The van der Waals surface area contributed by atoms with E-state index in [2.05, 4.69) is 223 Å². The molecule has 0 amide bonds. The average Bonchev–Trinajstić information content (AvgIpc) is 3.73. The van der Waals surface area contributed by atoms with E-state index in [0.717, 1.165) is 76.1 Å². The lowest BCUT2D eigenvalue weighted by molar-refractivity contribution is 1.28. The summed E-state index contributed by atoms with van der Waals surface area (Å²) in [5, 5.41) is 1.01. The Balaban J connectivity index is 1.07. The zero-order chi connectivity index (χ0) is 39.5. The van der Waals surface area contributed by atoms with Gasteiger partial charge in [0.25, 0.3) is 0 Å². The maximum absolute atomic E-state index is 4.99. The lowest BCUT2D eigenvalue weighted by Crippen LogP contribution is -2.11. The number of nitrogens with zero attached hydrogens (tertiary/aromatic N) is 2. The molecule has 0 bridgehead atoms. The van der Waals surface area contributed by atoms with Crippen molar-refractivity contribution in [3.8, 4) is 66.2 Å². The van der Waals surface area contributed by atoms with Crippen LogP contribution in [0.15, 0.2) is 229 Å². The molecule has 0 spiro atoms. The Bertz CT molecular complexity index is 2930. The van der Waals surface area contributed by atoms with Crippen LogP contribution in [-0.4, -0.2) is 4.98 Å². The number of fused-ring (bicyclic) bond motifs is 1. The van der Waals surface area contributed by atoms with E-state index in [-0.39, 0.29) is 0 Å². The minimum absolute atomic E-state index is 0.909. The second kappa shape index (κ2) is 16.1. The highest BCUT2D eigenvalue weighted by molar-refractivity contribution is 7.80. The van der Waals surface area contributed by atoms with Crippen molar-refractivity contribution in [1.29, 1.82) is 0 Å². The summed E-state index contributed by atoms with van der Waals surface area (Å²) in [6, 6.07) is 80.1. The summed E-state index contributed by atoms with van der Waals surface area (Å²) in [5.41, 5.74) is 16.9. The first-order valence-corrected chi connectivity index (χ1v) is 21.0. The van der Waals surface area contributed by atoms with Crippen molar-refractivity contribution in [2.75, 3.05) is 4.90 Å². The third kappa shape index (κ3) is 7.48. The second-order valence-electron chi connectivity index (χ2n) is 14.6. The Morgan fingerprint density at radius 2 is 0.814 bits per heavy atom. The molecule has 0 N–H and O–H groups in total. The number of hydrogen-bond donors (Lipinski definition) is 1. The molecule has 0 atom stereocenters. The van der Waals surface area contributed by atoms with Crippen LogP contribution in [-0.2, 0) is 0 Å². The van der Waals surface area contributed by atoms with Crippen LogP contribution in [0.5, 0.6) is 0 Å². The van der Waals surface area contributed by atoms with Crippen molar-refractivity contribution in [1.82, 2.24) is 4.98 Å². The molecule has 280 valence electrons. The van der Waals surface area contributed by atoms with Crippen LogP contribution in [0.4, 0.5) is 17.1 Å². The van der Waals surface area contributed by atoms with Gasteiger partial charge in [0.15, 0.2) is 0 Å². The number of hydrogen-bond acceptors (Lipinski definition) is 4. The van der Waals surface area contributed by atoms with Crippen molar-refractivity contribution >= 4 is 51.2 Å². The fraction of sp³-hybridized carbons (Fsp3) is 0. The highest BCUT2D eigenvalue weighted by Gasteiger charge is 2.19. The number of thiol groups is 1. The Kier molecular flexibility index (Phi) is 9.93. The molecular formula is C55H38N2S2. The van der Waals surface area contributed by atoms with Gasteiger partial charge in [0.1, 0.15) is 5.01 Å². The van der Waals surface area contributed by atoms with E-state index in [1.807, 2.05) is 6.07 Å². The predicted molar refractivity (Wildman–Crippen MR) is 254 cm³/mol. The maximum atomic E-state index is 4.99. The quantitative estimate of drug-likeness (QED) is 0.147. The predicted octanol–water partition coefficient (Wildman–Crippen LogP) is 16.1. The molecule has 2 nitrogen and oxygen atoms in total. The molecule has 0 aliphatic carbocycles. The van der Waals surface area contributed by atoms with Crippen LogP contribution >= 0.6 is 24.0 Å². The van der Waals surface area contributed by atoms with Gasteiger partial charge in [-0.2, -0.15) is 0 Å². The third-order valence-electron chi connectivity index (χ3n) is 10.8. The van der Waals surface area contributed by atoms with Gasteiger partial charge in [-0.1, -0.05) is 170 Å². The smallest absolute Gasteiger partial charge is 0.124 e. The standard InChI is InChI=1S/C55H38N2S2/c58-53-37-51-54(59-55(56-51)43-20-11-4-12-21-43)36-50(53)46-23-13-22-44(34-46)45-28-33-52(49(35-45)42-18-9-3-10-19-42)57(47-29-24-40(25-30-47)38-14-5-1-6-15-38)48-31-26-41(27-32-48)39-16-7-2-8-17-39/h1-37,58H. The van der Waals surface area contributed by atoms with E-state index in [1.165, 1.54) is 22.3 Å². The van der Waals surface area contributed by atoms with Gasteiger partial charge in [-0.25, -0.2) is 4.98 Å². The monoisotopic (exact) mass is 790 g/mol. The molecule has 0 saturated carbocycles. The first-order chi connectivity index (χ1) is 29.1.